The molecule has 0 fully saturated rings. The third-order valence-corrected chi connectivity index (χ3v) is 2.95. The topological polar surface area (TPSA) is 85.9 Å². The number of nitro groups is 1. The molecule has 2 rings (SSSR count). The minimum Gasteiger partial charge on any atom is -0.311 e. The first-order valence-electron chi connectivity index (χ1n) is 6.12. The van der Waals surface area contributed by atoms with E-state index >= 15 is 0 Å². The highest BCUT2D eigenvalue weighted by Crippen LogP contribution is 2.23. The van der Waals surface area contributed by atoms with Crippen LogP contribution >= 0.6 is 11.6 Å². The highest BCUT2D eigenvalue weighted by atomic mass is 35.5. The van der Waals surface area contributed by atoms with Crippen molar-refractivity contribution in [2.24, 2.45) is 0 Å². The number of nitrogens with zero attached hydrogens (tertiary/aromatic N) is 4. The van der Waals surface area contributed by atoms with E-state index in [0.717, 1.165) is 12.2 Å². The number of halogens is 1. The van der Waals surface area contributed by atoms with Gasteiger partial charge in [0.1, 0.15) is 0 Å². The van der Waals surface area contributed by atoms with Crippen molar-refractivity contribution in [3.05, 3.63) is 50.8 Å². The zero-order valence-electron chi connectivity index (χ0n) is 10.9. The van der Waals surface area contributed by atoms with E-state index < -0.39 is 4.92 Å². The fourth-order valence-corrected chi connectivity index (χ4v) is 1.98. The van der Waals surface area contributed by atoms with Crippen LogP contribution in [0.1, 0.15) is 18.2 Å². The molecule has 2 aromatic rings. The van der Waals surface area contributed by atoms with Crippen molar-refractivity contribution in [2.45, 2.75) is 20.0 Å². The van der Waals surface area contributed by atoms with Crippen LogP contribution in [-0.4, -0.2) is 26.5 Å². The Hall–Kier alpha value is -1.99. The minimum absolute atomic E-state index is 0.0260. The summed E-state index contributed by atoms with van der Waals surface area (Å²) in [6.07, 6.45) is 1.76. The lowest BCUT2D eigenvalue weighted by Crippen LogP contribution is -2.11. The number of nitro benzene ring substituents is 1. The van der Waals surface area contributed by atoms with Gasteiger partial charge >= 0.3 is 0 Å². The molecule has 0 atom stereocenters. The van der Waals surface area contributed by atoms with Gasteiger partial charge in [-0.25, -0.2) is 4.68 Å². The molecule has 0 saturated carbocycles. The Morgan fingerprint density at radius 1 is 1.50 bits per heavy atom. The third kappa shape index (κ3) is 3.52. The van der Waals surface area contributed by atoms with Crippen LogP contribution in [0.4, 0.5) is 5.69 Å². The molecule has 0 bridgehead atoms. The van der Waals surface area contributed by atoms with Gasteiger partial charge in [-0.15, -0.1) is 5.10 Å². The zero-order chi connectivity index (χ0) is 14.5. The maximum absolute atomic E-state index is 11.0. The molecule has 20 heavy (non-hydrogen) atoms. The van der Waals surface area contributed by atoms with E-state index in [2.05, 4.69) is 15.6 Å². The summed E-state index contributed by atoms with van der Waals surface area (Å²) in [5.41, 5.74) is 1.32. The Bertz CT molecular complexity index is 614. The first-order chi connectivity index (χ1) is 9.60. The summed E-state index contributed by atoms with van der Waals surface area (Å²) in [4.78, 5) is 10.5. The maximum atomic E-state index is 11.0. The highest BCUT2D eigenvalue weighted by Gasteiger charge is 2.15. The van der Waals surface area contributed by atoms with E-state index in [0.29, 0.717) is 17.1 Å². The molecule has 7 nitrogen and oxygen atoms in total. The summed E-state index contributed by atoms with van der Waals surface area (Å²) in [6.45, 7) is 3.72. The van der Waals surface area contributed by atoms with Crippen LogP contribution < -0.4 is 5.32 Å². The average Bonchev–Trinajstić information content (AvgIpc) is 2.83. The predicted molar refractivity (Wildman–Crippen MR) is 74.6 cm³/mol. The van der Waals surface area contributed by atoms with Crippen LogP contribution in [-0.2, 0) is 13.1 Å². The smallest absolute Gasteiger partial charge is 0.274 e. The first-order valence-corrected chi connectivity index (χ1v) is 6.50. The van der Waals surface area contributed by atoms with Gasteiger partial charge in [-0.2, -0.15) is 0 Å². The summed E-state index contributed by atoms with van der Waals surface area (Å²) in [6, 6.07) is 4.47. The second kappa shape index (κ2) is 6.44. The quantitative estimate of drug-likeness (QED) is 0.650. The van der Waals surface area contributed by atoms with Gasteiger partial charge < -0.3 is 5.32 Å². The van der Waals surface area contributed by atoms with Gasteiger partial charge in [-0.1, -0.05) is 23.7 Å². The number of nitrogens with one attached hydrogen (secondary N) is 1. The highest BCUT2D eigenvalue weighted by molar-refractivity contribution is 6.30. The molecule has 1 aromatic heterocycles. The number of hydrogen-bond donors (Lipinski definition) is 1. The standard InChI is InChI=1S/C12H14ClN5O2/c1-2-14-6-11-8-17(16-15-11)7-9-5-10(13)3-4-12(9)18(19)20/h3-5,8,14H,2,6-7H2,1H3. The Morgan fingerprint density at radius 3 is 3.00 bits per heavy atom. The Kier molecular flexibility index (Phi) is 4.65. The van der Waals surface area contributed by atoms with E-state index in [1.165, 1.54) is 12.1 Å². The van der Waals surface area contributed by atoms with Gasteiger partial charge in [-0.3, -0.25) is 10.1 Å². The van der Waals surface area contributed by atoms with Gasteiger partial charge in [0.05, 0.1) is 28.9 Å². The number of hydrogen-bond acceptors (Lipinski definition) is 5. The normalized spacial score (nSPS) is 10.7. The van der Waals surface area contributed by atoms with Gasteiger partial charge in [0.15, 0.2) is 0 Å². The van der Waals surface area contributed by atoms with E-state index in [1.54, 1.807) is 16.9 Å². The maximum Gasteiger partial charge on any atom is 0.274 e. The van der Waals surface area contributed by atoms with Crippen molar-refractivity contribution in [2.75, 3.05) is 6.54 Å². The summed E-state index contributed by atoms with van der Waals surface area (Å²) in [5.74, 6) is 0. The molecule has 1 aromatic carbocycles. The summed E-state index contributed by atoms with van der Waals surface area (Å²) in [7, 11) is 0. The largest absolute Gasteiger partial charge is 0.311 e. The Balaban J connectivity index is 2.19. The van der Waals surface area contributed by atoms with Gasteiger partial charge in [0, 0.05) is 17.6 Å². The van der Waals surface area contributed by atoms with Gasteiger partial charge in [0.2, 0.25) is 0 Å². The Morgan fingerprint density at radius 2 is 2.30 bits per heavy atom. The molecule has 0 amide bonds. The summed E-state index contributed by atoms with van der Waals surface area (Å²) >= 11 is 5.88. The predicted octanol–water partition coefficient (Wildman–Crippen LogP) is 2.00. The molecular formula is C12H14ClN5O2. The van der Waals surface area contributed by atoms with Crippen LogP contribution in [0.3, 0.4) is 0 Å². The molecule has 1 heterocycles. The second-order valence-corrected chi connectivity index (χ2v) is 4.65. The average molecular weight is 296 g/mol. The fourth-order valence-electron chi connectivity index (χ4n) is 1.78. The zero-order valence-corrected chi connectivity index (χ0v) is 11.7. The first kappa shape index (κ1) is 14.4. The SMILES string of the molecule is CCNCc1cn(Cc2cc(Cl)ccc2[N+](=O)[O-])nn1. The lowest BCUT2D eigenvalue weighted by Gasteiger charge is -2.03. The van der Waals surface area contributed by atoms with Crippen LogP contribution in [0.5, 0.6) is 0 Å². The van der Waals surface area contributed by atoms with Gasteiger partial charge in [0.25, 0.3) is 5.69 Å². The molecule has 0 aliphatic carbocycles. The van der Waals surface area contributed by atoms with E-state index in [4.69, 9.17) is 11.6 Å². The van der Waals surface area contributed by atoms with Crippen LogP contribution in [0, 0.1) is 10.1 Å². The molecule has 1 N–H and O–H groups in total. The van der Waals surface area contributed by atoms with Crippen molar-refractivity contribution >= 4 is 17.3 Å². The van der Waals surface area contributed by atoms with Crippen molar-refractivity contribution < 1.29 is 4.92 Å². The Labute approximate surface area is 120 Å². The summed E-state index contributed by atoms with van der Waals surface area (Å²) < 4.78 is 1.56. The van der Waals surface area contributed by atoms with Crippen molar-refractivity contribution in [1.29, 1.82) is 0 Å². The molecule has 106 valence electrons. The van der Waals surface area contributed by atoms with E-state index in [-0.39, 0.29) is 12.2 Å². The van der Waals surface area contributed by atoms with Crippen molar-refractivity contribution in [3.8, 4) is 0 Å². The summed E-state index contributed by atoms with van der Waals surface area (Å²) in [5, 5.41) is 22.5. The molecule has 8 heteroatoms. The van der Waals surface area contributed by atoms with Crippen LogP contribution in [0.2, 0.25) is 5.02 Å². The van der Waals surface area contributed by atoms with Crippen molar-refractivity contribution in [1.82, 2.24) is 20.3 Å². The van der Waals surface area contributed by atoms with Crippen LogP contribution in [0.25, 0.3) is 0 Å². The van der Waals surface area contributed by atoms with E-state index in [1.807, 2.05) is 6.92 Å². The molecule has 0 radical (unpaired) electrons. The molecule has 0 aliphatic heterocycles. The minimum atomic E-state index is -0.428. The number of rotatable bonds is 6. The van der Waals surface area contributed by atoms with E-state index in [9.17, 15) is 10.1 Å². The molecule has 0 unspecified atom stereocenters. The molecular weight excluding hydrogens is 282 g/mol. The monoisotopic (exact) mass is 295 g/mol. The lowest BCUT2D eigenvalue weighted by molar-refractivity contribution is -0.385. The van der Waals surface area contributed by atoms with Crippen molar-refractivity contribution in [3.63, 3.8) is 0 Å². The number of aromatic nitrogens is 3. The molecule has 0 aliphatic rings. The van der Waals surface area contributed by atoms with Gasteiger partial charge in [-0.05, 0) is 18.7 Å². The fraction of sp³-hybridized carbons (Fsp3) is 0.333. The molecule has 0 saturated heterocycles. The van der Waals surface area contributed by atoms with Crippen LogP contribution in [0.15, 0.2) is 24.4 Å². The third-order valence-electron chi connectivity index (χ3n) is 2.71. The molecule has 0 spiro atoms. The number of benzene rings is 1. The second-order valence-electron chi connectivity index (χ2n) is 4.22. The lowest BCUT2D eigenvalue weighted by atomic mass is 10.2.